The molecule has 0 saturated carbocycles. The van der Waals surface area contributed by atoms with Gasteiger partial charge in [-0.1, -0.05) is 30.3 Å². The van der Waals surface area contributed by atoms with Crippen LogP contribution in [0.5, 0.6) is 0 Å². The predicted molar refractivity (Wildman–Crippen MR) is 44.3 cm³/mol. The Balaban J connectivity index is 2.82. The third-order valence-electron chi connectivity index (χ3n) is 1.61. The van der Waals surface area contributed by atoms with Crippen LogP contribution in [-0.4, -0.2) is 13.3 Å². The molecular formula is C9H11NO. The maximum absolute atomic E-state index is 10.5. The van der Waals surface area contributed by atoms with Gasteiger partial charge in [0.05, 0.1) is 6.04 Å². The van der Waals surface area contributed by atoms with E-state index in [1.807, 2.05) is 30.3 Å². The zero-order valence-corrected chi connectivity index (χ0v) is 6.45. The Morgan fingerprint density at radius 1 is 1.36 bits per heavy atom. The van der Waals surface area contributed by atoms with E-state index in [0.717, 1.165) is 11.8 Å². The molecule has 0 bridgehead atoms. The molecule has 1 atom stereocenters. The molecule has 0 aromatic heterocycles. The number of carbonyl (C=O) groups is 1. The van der Waals surface area contributed by atoms with Crippen LogP contribution in [0.15, 0.2) is 30.3 Å². The Labute approximate surface area is 66.2 Å². The Morgan fingerprint density at radius 2 is 2.00 bits per heavy atom. The monoisotopic (exact) mass is 149 g/mol. The van der Waals surface area contributed by atoms with Crippen molar-refractivity contribution in [3.8, 4) is 0 Å². The minimum atomic E-state index is -0.170. The van der Waals surface area contributed by atoms with E-state index in [0.29, 0.717) is 0 Å². The van der Waals surface area contributed by atoms with Crippen LogP contribution in [0.2, 0.25) is 0 Å². The lowest BCUT2D eigenvalue weighted by Crippen LogP contribution is -2.16. The highest BCUT2D eigenvalue weighted by Crippen LogP contribution is 2.07. The van der Waals surface area contributed by atoms with Crippen LogP contribution in [0.1, 0.15) is 11.6 Å². The molecule has 0 radical (unpaired) electrons. The van der Waals surface area contributed by atoms with Crippen molar-refractivity contribution in [2.45, 2.75) is 6.04 Å². The van der Waals surface area contributed by atoms with Crippen molar-refractivity contribution in [1.82, 2.24) is 5.32 Å². The van der Waals surface area contributed by atoms with Gasteiger partial charge in [0.15, 0.2) is 0 Å². The largest absolute Gasteiger partial charge is 0.307 e. The van der Waals surface area contributed by atoms with Gasteiger partial charge >= 0.3 is 0 Å². The van der Waals surface area contributed by atoms with Crippen LogP contribution in [0.4, 0.5) is 0 Å². The summed E-state index contributed by atoms with van der Waals surface area (Å²) in [6.07, 6.45) is 0.898. The van der Waals surface area contributed by atoms with Crippen molar-refractivity contribution in [2.75, 3.05) is 7.05 Å². The number of carbonyl (C=O) groups excluding carboxylic acids is 1. The van der Waals surface area contributed by atoms with Crippen LogP contribution in [0.3, 0.4) is 0 Å². The third-order valence-corrected chi connectivity index (χ3v) is 1.61. The highest BCUT2D eigenvalue weighted by atomic mass is 16.1. The van der Waals surface area contributed by atoms with Crippen LogP contribution in [0, 0.1) is 0 Å². The second-order valence-corrected chi connectivity index (χ2v) is 2.31. The first-order chi connectivity index (χ1) is 5.38. The van der Waals surface area contributed by atoms with Gasteiger partial charge in [-0.05, 0) is 12.6 Å². The summed E-state index contributed by atoms with van der Waals surface area (Å²) in [5.74, 6) is 0. The van der Waals surface area contributed by atoms with E-state index in [1.54, 1.807) is 7.05 Å². The van der Waals surface area contributed by atoms with Gasteiger partial charge in [-0.25, -0.2) is 0 Å². The van der Waals surface area contributed by atoms with Gasteiger partial charge < -0.3 is 10.1 Å². The van der Waals surface area contributed by atoms with Crippen LogP contribution in [0.25, 0.3) is 0 Å². The van der Waals surface area contributed by atoms with Crippen LogP contribution < -0.4 is 5.32 Å². The van der Waals surface area contributed by atoms with Crippen LogP contribution in [-0.2, 0) is 4.79 Å². The lowest BCUT2D eigenvalue weighted by molar-refractivity contribution is -0.109. The standard InChI is InChI=1S/C9H11NO/c1-10-9(7-11)8-5-3-2-4-6-8/h2-7,9-10H,1H3. The van der Waals surface area contributed by atoms with Crippen molar-refractivity contribution < 1.29 is 4.79 Å². The summed E-state index contributed by atoms with van der Waals surface area (Å²) in [5.41, 5.74) is 1.00. The topological polar surface area (TPSA) is 29.1 Å². The van der Waals surface area contributed by atoms with Crippen molar-refractivity contribution in [2.24, 2.45) is 0 Å². The first-order valence-corrected chi connectivity index (χ1v) is 3.56. The number of hydrogen-bond acceptors (Lipinski definition) is 2. The molecule has 1 aromatic carbocycles. The number of nitrogens with one attached hydrogen (secondary N) is 1. The van der Waals surface area contributed by atoms with Crippen molar-refractivity contribution in [3.05, 3.63) is 35.9 Å². The first-order valence-electron chi connectivity index (χ1n) is 3.56. The number of benzene rings is 1. The molecule has 0 amide bonds. The summed E-state index contributed by atoms with van der Waals surface area (Å²) in [6, 6.07) is 9.45. The maximum atomic E-state index is 10.5. The SMILES string of the molecule is CNC(C=O)c1ccccc1. The quantitative estimate of drug-likeness (QED) is 0.653. The fourth-order valence-electron chi connectivity index (χ4n) is 0.974. The average molecular weight is 149 g/mol. The van der Waals surface area contributed by atoms with Gasteiger partial charge in [-0.15, -0.1) is 0 Å². The molecule has 0 aliphatic heterocycles. The second kappa shape index (κ2) is 3.88. The molecule has 0 saturated heterocycles. The summed E-state index contributed by atoms with van der Waals surface area (Å²) in [7, 11) is 1.77. The number of likely N-dealkylation sites (N-methyl/N-ethyl adjacent to an activating group) is 1. The van der Waals surface area contributed by atoms with Gasteiger partial charge in [0, 0.05) is 0 Å². The average Bonchev–Trinajstić information content (AvgIpc) is 2.09. The zero-order chi connectivity index (χ0) is 8.10. The van der Waals surface area contributed by atoms with E-state index in [1.165, 1.54) is 0 Å². The lowest BCUT2D eigenvalue weighted by Gasteiger charge is -2.07. The van der Waals surface area contributed by atoms with E-state index < -0.39 is 0 Å². The van der Waals surface area contributed by atoms with E-state index in [2.05, 4.69) is 5.32 Å². The predicted octanol–water partition coefficient (Wildman–Crippen LogP) is 1.15. The molecule has 11 heavy (non-hydrogen) atoms. The van der Waals surface area contributed by atoms with E-state index >= 15 is 0 Å². The highest BCUT2D eigenvalue weighted by Gasteiger charge is 2.04. The van der Waals surface area contributed by atoms with Crippen molar-refractivity contribution in [3.63, 3.8) is 0 Å². The highest BCUT2D eigenvalue weighted by molar-refractivity contribution is 5.61. The number of hydrogen-bond donors (Lipinski definition) is 1. The van der Waals surface area contributed by atoms with Gasteiger partial charge in [-0.3, -0.25) is 0 Å². The summed E-state index contributed by atoms with van der Waals surface area (Å²) >= 11 is 0. The Morgan fingerprint density at radius 3 is 2.45 bits per heavy atom. The van der Waals surface area contributed by atoms with Gasteiger partial charge in [0.1, 0.15) is 6.29 Å². The molecule has 1 aromatic rings. The molecule has 1 unspecified atom stereocenters. The summed E-state index contributed by atoms with van der Waals surface area (Å²) in [4.78, 5) is 10.5. The van der Waals surface area contributed by atoms with Crippen molar-refractivity contribution in [1.29, 1.82) is 0 Å². The van der Waals surface area contributed by atoms with Crippen molar-refractivity contribution >= 4 is 6.29 Å². The minimum Gasteiger partial charge on any atom is -0.307 e. The Kier molecular flexibility index (Phi) is 2.81. The molecular weight excluding hydrogens is 138 g/mol. The Bertz CT molecular complexity index is 220. The fourth-order valence-corrected chi connectivity index (χ4v) is 0.974. The first kappa shape index (κ1) is 7.95. The fraction of sp³-hybridized carbons (Fsp3) is 0.222. The number of rotatable bonds is 3. The molecule has 0 fully saturated rings. The zero-order valence-electron chi connectivity index (χ0n) is 6.45. The second-order valence-electron chi connectivity index (χ2n) is 2.31. The summed E-state index contributed by atoms with van der Waals surface area (Å²) in [6.45, 7) is 0. The van der Waals surface area contributed by atoms with Gasteiger partial charge in [-0.2, -0.15) is 0 Å². The van der Waals surface area contributed by atoms with Crippen LogP contribution >= 0.6 is 0 Å². The van der Waals surface area contributed by atoms with Gasteiger partial charge in [0.25, 0.3) is 0 Å². The normalized spacial score (nSPS) is 12.5. The summed E-state index contributed by atoms with van der Waals surface area (Å²) in [5, 5.41) is 2.90. The minimum absolute atomic E-state index is 0.170. The maximum Gasteiger partial charge on any atom is 0.141 e. The molecule has 0 spiro atoms. The molecule has 0 aliphatic rings. The van der Waals surface area contributed by atoms with E-state index in [9.17, 15) is 4.79 Å². The molecule has 2 nitrogen and oxygen atoms in total. The number of aldehydes is 1. The summed E-state index contributed by atoms with van der Waals surface area (Å²) < 4.78 is 0. The molecule has 58 valence electrons. The lowest BCUT2D eigenvalue weighted by atomic mass is 10.1. The molecule has 1 N–H and O–H groups in total. The smallest absolute Gasteiger partial charge is 0.141 e. The molecule has 1 rings (SSSR count). The Hall–Kier alpha value is -1.15. The molecule has 0 heterocycles. The van der Waals surface area contributed by atoms with E-state index in [-0.39, 0.29) is 6.04 Å². The molecule has 0 aliphatic carbocycles. The third kappa shape index (κ3) is 1.88. The van der Waals surface area contributed by atoms with E-state index in [4.69, 9.17) is 0 Å². The molecule has 2 heteroatoms. The van der Waals surface area contributed by atoms with Gasteiger partial charge in [0.2, 0.25) is 0 Å².